The maximum Gasteiger partial charge on any atom is 0.341 e. The fourth-order valence-corrected chi connectivity index (χ4v) is 3.64. The molecule has 0 spiro atoms. The van der Waals surface area contributed by atoms with Crippen LogP contribution in [-0.4, -0.2) is 40.3 Å². The van der Waals surface area contributed by atoms with Crippen LogP contribution in [-0.2, 0) is 6.42 Å². The van der Waals surface area contributed by atoms with Gasteiger partial charge in [-0.1, -0.05) is 13.3 Å². The first-order valence-corrected chi connectivity index (χ1v) is 8.12. The highest BCUT2D eigenvalue weighted by Crippen LogP contribution is 2.36. The first-order chi connectivity index (χ1) is 10.2. The van der Waals surface area contributed by atoms with Gasteiger partial charge in [-0.05, 0) is 45.2 Å². The first kappa shape index (κ1) is 14.4. The van der Waals surface area contributed by atoms with E-state index in [1.807, 2.05) is 0 Å². The van der Waals surface area contributed by atoms with Crippen LogP contribution in [0.1, 0.15) is 56.3 Å². The molecule has 0 aromatic carbocycles. The zero-order valence-electron chi connectivity index (χ0n) is 12.8. The molecule has 0 aliphatic carbocycles. The number of hydrogen-bond acceptors (Lipinski definition) is 4. The van der Waals surface area contributed by atoms with E-state index in [0.717, 1.165) is 56.8 Å². The number of rotatable bonds is 2. The van der Waals surface area contributed by atoms with Gasteiger partial charge in [0, 0.05) is 12.1 Å². The lowest BCUT2D eigenvalue weighted by Gasteiger charge is -2.34. The summed E-state index contributed by atoms with van der Waals surface area (Å²) in [5.74, 6) is 0.830. The molecule has 3 rings (SSSR count). The molecule has 3 heterocycles. The Bertz CT molecular complexity index is 524. The van der Waals surface area contributed by atoms with Crippen LogP contribution in [0.25, 0.3) is 0 Å². The number of primary amides is 1. The Labute approximate surface area is 125 Å². The fraction of sp³-hybridized carbons (Fsp3) is 0.733. The van der Waals surface area contributed by atoms with Gasteiger partial charge in [-0.2, -0.15) is 9.78 Å². The van der Waals surface area contributed by atoms with Crippen molar-refractivity contribution < 1.29 is 4.79 Å². The average Bonchev–Trinajstić information content (AvgIpc) is 2.69. The van der Waals surface area contributed by atoms with Gasteiger partial charge in [-0.3, -0.25) is 4.90 Å². The third kappa shape index (κ3) is 2.64. The van der Waals surface area contributed by atoms with Crippen molar-refractivity contribution in [3.05, 3.63) is 11.3 Å². The van der Waals surface area contributed by atoms with Crippen molar-refractivity contribution in [1.82, 2.24) is 14.7 Å². The summed E-state index contributed by atoms with van der Waals surface area (Å²) in [6.45, 7) is 5.22. The lowest BCUT2D eigenvalue weighted by molar-refractivity contribution is 0.152. The highest BCUT2D eigenvalue weighted by Gasteiger charge is 2.31. The number of anilines is 1. The molecule has 1 aromatic heterocycles. The molecule has 1 amide bonds. The Morgan fingerprint density at radius 1 is 1.38 bits per heavy atom. The van der Waals surface area contributed by atoms with Crippen molar-refractivity contribution in [2.45, 2.75) is 51.5 Å². The Morgan fingerprint density at radius 2 is 2.24 bits per heavy atom. The second-order valence-corrected chi connectivity index (χ2v) is 5.99. The molecule has 1 fully saturated rings. The third-order valence-electron chi connectivity index (χ3n) is 4.70. The van der Waals surface area contributed by atoms with Crippen LogP contribution in [0, 0.1) is 0 Å². The van der Waals surface area contributed by atoms with Crippen LogP contribution in [0.2, 0.25) is 0 Å². The SMILES string of the molecule is CCN1CCCCC1c1nn(C(N)=O)c2c1CCCCN2. The highest BCUT2D eigenvalue weighted by molar-refractivity contribution is 5.79. The van der Waals surface area contributed by atoms with Gasteiger partial charge in [0.25, 0.3) is 0 Å². The predicted octanol–water partition coefficient (Wildman–Crippen LogP) is 2.10. The molecule has 21 heavy (non-hydrogen) atoms. The number of nitrogens with two attached hydrogens (primary N) is 1. The molecule has 116 valence electrons. The minimum absolute atomic E-state index is 0.331. The van der Waals surface area contributed by atoms with Crippen LogP contribution in [0.4, 0.5) is 10.6 Å². The number of hydrogen-bond donors (Lipinski definition) is 2. The van der Waals surface area contributed by atoms with E-state index < -0.39 is 6.03 Å². The maximum atomic E-state index is 11.7. The van der Waals surface area contributed by atoms with Gasteiger partial charge < -0.3 is 11.1 Å². The van der Waals surface area contributed by atoms with E-state index in [2.05, 4.69) is 22.2 Å². The van der Waals surface area contributed by atoms with E-state index in [-0.39, 0.29) is 0 Å². The second kappa shape index (κ2) is 6.05. The summed E-state index contributed by atoms with van der Waals surface area (Å²) in [7, 11) is 0. The van der Waals surface area contributed by atoms with Crippen molar-refractivity contribution in [2.75, 3.05) is 25.0 Å². The summed E-state index contributed by atoms with van der Waals surface area (Å²) >= 11 is 0. The zero-order valence-corrected chi connectivity index (χ0v) is 12.8. The zero-order chi connectivity index (χ0) is 14.8. The van der Waals surface area contributed by atoms with E-state index in [0.29, 0.717) is 6.04 Å². The smallest absolute Gasteiger partial charge is 0.341 e. The van der Waals surface area contributed by atoms with Crippen LogP contribution in [0.5, 0.6) is 0 Å². The summed E-state index contributed by atoms with van der Waals surface area (Å²) in [6, 6.07) is -0.163. The number of fused-ring (bicyclic) bond motifs is 1. The molecule has 1 saturated heterocycles. The topological polar surface area (TPSA) is 76.2 Å². The summed E-state index contributed by atoms with van der Waals surface area (Å²) in [5, 5.41) is 7.94. The van der Waals surface area contributed by atoms with Crippen molar-refractivity contribution >= 4 is 11.8 Å². The summed E-state index contributed by atoms with van der Waals surface area (Å²) in [6.07, 6.45) is 6.84. The monoisotopic (exact) mass is 291 g/mol. The minimum atomic E-state index is -0.495. The van der Waals surface area contributed by atoms with Gasteiger partial charge in [0.05, 0.1) is 11.7 Å². The van der Waals surface area contributed by atoms with Crippen molar-refractivity contribution in [3.63, 3.8) is 0 Å². The van der Waals surface area contributed by atoms with Gasteiger partial charge in [-0.15, -0.1) is 0 Å². The Morgan fingerprint density at radius 3 is 3.00 bits per heavy atom. The maximum absolute atomic E-state index is 11.7. The largest absolute Gasteiger partial charge is 0.370 e. The van der Waals surface area contributed by atoms with Crippen molar-refractivity contribution in [2.24, 2.45) is 5.73 Å². The van der Waals surface area contributed by atoms with Crippen LogP contribution >= 0.6 is 0 Å². The fourth-order valence-electron chi connectivity index (χ4n) is 3.64. The lowest BCUT2D eigenvalue weighted by atomic mass is 9.95. The summed E-state index contributed by atoms with van der Waals surface area (Å²) < 4.78 is 1.37. The van der Waals surface area contributed by atoms with Crippen molar-refractivity contribution in [3.8, 4) is 0 Å². The number of carbonyl (C=O) groups is 1. The van der Waals surface area contributed by atoms with E-state index in [4.69, 9.17) is 5.73 Å². The predicted molar refractivity (Wildman–Crippen MR) is 82.5 cm³/mol. The lowest BCUT2D eigenvalue weighted by Crippen LogP contribution is -2.34. The number of piperidine rings is 1. The normalized spacial score (nSPS) is 23.2. The highest BCUT2D eigenvalue weighted by atomic mass is 16.2. The molecule has 1 atom stereocenters. The summed E-state index contributed by atoms with van der Waals surface area (Å²) in [5.41, 5.74) is 7.78. The van der Waals surface area contributed by atoms with E-state index in [1.54, 1.807) is 0 Å². The molecule has 1 aromatic rings. The molecule has 3 N–H and O–H groups in total. The summed E-state index contributed by atoms with van der Waals surface area (Å²) in [4.78, 5) is 14.2. The number of nitrogens with zero attached hydrogens (tertiary/aromatic N) is 3. The Balaban J connectivity index is 2.03. The molecule has 0 saturated carbocycles. The van der Waals surface area contributed by atoms with Gasteiger partial charge in [-0.25, -0.2) is 4.79 Å². The Hall–Kier alpha value is -1.56. The van der Waals surface area contributed by atoms with E-state index in [9.17, 15) is 4.79 Å². The molecule has 6 heteroatoms. The molecule has 2 aliphatic heterocycles. The number of carbonyl (C=O) groups excluding carboxylic acids is 1. The van der Waals surface area contributed by atoms with Gasteiger partial charge in [0.1, 0.15) is 5.82 Å². The molecule has 0 radical (unpaired) electrons. The standard InChI is InChI=1S/C15H25N5O/c1-2-19-10-6-4-8-12(19)13-11-7-3-5-9-17-14(11)20(18-13)15(16)21/h12,17H,2-10H2,1H3,(H2,16,21). The molecular weight excluding hydrogens is 266 g/mol. The second-order valence-electron chi connectivity index (χ2n) is 5.99. The number of nitrogens with one attached hydrogen (secondary N) is 1. The minimum Gasteiger partial charge on any atom is -0.370 e. The average molecular weight is 291 g/mol. The molecule has 0 bridgehead atoms. The molecule has 2 aliphatic rings. The van der Waals surface area contributed by atoms with E-state index in [1.165, 1.54) is 23.1 Å². The van der Waals surface area contributed by atoms with Gasteiger partial charge in [0.15, 0.2) is 0 Å². The third-order valence-corrected chi connectivity index (χ3v) is 4.70. The van der Waals surface area contributed by atoms with Crippen LogP contribution in [0.3, 0.4) is 0 Å². The number of likely N-dealkylation sites (tertiary alicyclic amines) is 1. The van der Waals surface area contributed by atoms with Crippen LogP contribution in [0.15, 0.2) is 0 Å². The quantitative estimate of drug-likeness (QED) is 0.875. The van der Waals surface area contributed by atoms with Crippen molar-refractivity contribution in [1.29, 1.82) is 0 Å². The Kier molecular flexibility index (Phi) is 4.14. The number of amides is 1. The van der Waals surface area contributed by atoms with E-state index >= 15 is 0 Å². The first-order valence-electron chi connectivity index (χ1n) is 8.12. The molecule has 6 nitrogen and oxygen atoms in total. The molecule has 1 unspecified atom stereocenters. The van der Waals surface area contributed by atoms with Gasteiger partial charge >= 0.3 is 6.03 Å². The number of aromatic nitrogens is 2. The van der Waals surface area contributed by atoms with Crippen LogP contribution < -0.4 is 11.1 Å². The molecular formula is C15H25N5O. The van der Waals surface area contributed by atoms with Gasteiger partial charge in [0.2, 0.25) is 0 Å².